The predicted octanol–water partition coefficient (Wildman–Crippen LogP) is 3.26. The minimum Gasteiger partial charge on any atom is -0.362 e. The van der Waals surface area contributed by atoms with Gasteiger partial charge in [-0.3, -0.25) is 20.4 Å². The summed E-state index contributed by atoms with van der Waals surface area (Å²) in [5, 5.41) is 1.12. The van der Waals surface area contributed by atoms with Crippen molar-refractivity contribution in [3.63, 3.8) is 0 Å². The first-order chi connectivity index (χ1) is 14.7. The van der Waals surface area contributed by atoms with Crippen LogP contribution in [0.2, 0.25) is 0 Å². The lowest BCUT2D eigenvalue weighted by Crippen LogP contribution is -2.47. The van der Waals surface area contributed by atoms with Crippen LogP contribution >= 0.6 is 0 Å². The molecule has 0 spiro atoms. The molecule has 1 aliphatic heterocycles. The Morgan fingerprint density at radius 1 is 0.967 bits per heavy atom. The van der Waals surface area contributed by atoms with E-state index in [2.05, 4.69) is 26.8 Å². The number of carbonyl (C=O) groups excluding carboxylic acids is 2. The molecule has 6 nitrogen and oxygen atoms in total. The van der Waals surface area contributed by atoms with Crippen LogP contribution in [0.1, 0.15) is 46.4 Å². The summed E-state index contributed by atoms with van der Waals surface area (Å²) in [4.78, 5) is 30.6. The first kappa shape index (κ1) is 18.7. The van der Waals surface area contributed by atoms with E-state index >= 15 is 0 Å². The number of benzene rings is 2. The topological polar surface area (TPSA) is 77.2 Å². The number of fused-ring (bicyclic) bond motifs is 4. The monoisotopic (exact) mass is 402 g/mol. The highest BCUT2D eigenvalue weighted by Gasteiger charge is 2.20. The van der Waals surface area contributed by atoms with Gasteiger partial charge in [-0.15, -0.1) is 0 Å². The van der Waals surface area contributed by atoms with Gasteiger partial charge in [-0.05, 0) is 73.9 Å². The van der Waals surface area contributed by atoms with Gasteiger partial charge in [0.1, 0.15) is 0 Å². The van der Waals surface area contributed by atoms with Crippen molar-refractivity contribution in [2.24, 2.45) is 0 Å². The van der Waals surface area contributed by atoms with E-state index < -0.39 is 0 Å². The highest BCUT2D eigenvalue weighted by atomic mass is 16.2. The largest absolute Gasteiger partial charge is 0.362 e. The normalized spacial score (nSPS) is 15.4. The van der Waals surface area contributed by atoms with Crippen molar-refractivity contribution in [3.05, 3.63) is 64.8 Å². The third-order valence-electron chi connectivity index (χ3n) is 6.22. The van der Waals surface area contributed by atoms with E-state index in [9.17, 15) is 9.59 Å². The fraction of sp³-hybridized carbons (Fsp3) is 0.333. The molecule has 2 aromatic carbocycles. The van der Waals surface area contributed by atoms with E-state index in [1.54, 1.807) is 6.07 Å². The molecule has 5 rings (SSSR count). The molecular weight excluding hydrogens is 376 g/mol. The molecule has 2 aliphatic rings. The summed E-state index contributed by atoms with van der Waals surface area (Å²) in [6.07, 6.45) is 6.58. The lowest BCUT2D eigenvalue weighted by atomic mass is 9.95. The van der Waals surface area contributed by atoms with Crippen LogP contribution in [0.4, 0.5) is 5.69 Å². The SMILES string of the molecule is O=C(CN1CCCc2ccccc21)NNC(=O)c1ccc2[nH]c3c(c2c1)CCCC3. The van der Waals surface area contributed by atoms with Gasteiger partial charge in [0.2, 0.25) is 0 Å². The fourth-order valence-electron chi connectivity index (χ4n) is 4.73. The van der Waals surface area contributed by atoms with Crippen molar-refractivity contribution >= 4 is 28.4 Å². The third-order valence-corrected chi connectivity index (χ3v) is 6.22. The number of nitrogens with zero attached hydrogens (tertiary/aromatic N) is 1. The summed E-state index contributed by atoms with van der Waals surface area (Å²) in [5.74, 6) is -0.518. The quantitative estimate of drug-likeness (QED) is 0.589. The van der Waals surface area contributed by atoms with Crippen LogP contribution in [-0.4, -0.2) is 29.9 Å². The van der Waals surface area contributed by atoms with E-state index in [4.69, 9.17) is 0 Å². The lowest BCUT2D eigenvalue weighted by molar-refractivity contribution is -0.120. The van der Waals surface area contributed by atoms with Gasteiger partial charge in [-0.1, -0.05) is 18.2 Å². The first-order valence-electron chi connectivity index (χ1n) is 10.7. The Balaban J connectivity index is 1.24. The van der Waals surface area contributed by atoms with Crippen molar-refractivity contribution in [1.82, 2.24) is 15.8 Å². The van der Waals surface area contributed by atoms with Gasteiger partial charge < -0.3 is 9.88 Å². The van der Waals surface area contributed by atoms with Crippen molar-refractivity contribution in [1.29, 1.82) is 0 Å². The van der Waals surface area contributed by atoms with Crippen LogP contribution in [-0.2, 0) is 24.1 Å². The van der Waals surface area contributed by atoms with Gasteiger partial charge in [-0.25, -0.2) is 0 Å². The van der Waals surface area contributed by atoms with Gasteiger partial charge in [-0.2, -0.15) is 0 Å². The zero-order valence-corrected chi connectivity index (χ0v) is 17.0. The van der Waals surface area contributed by atoms with Crippen molar-refractivity contribution < 1.29 is 9.59 Å². The molecule has 0 atom stereocenters. The average molecular weight is 402 g/mol. The number of amides is 2. The molecule has 3 aromatic rings. The van der Waals surface area contributed by atoms with Gasteiger partial charge >= 0.3 is 0 Å². The number of rotatable bonds is 3. The Bertz CT molecular complexity index is 1120. The second kappa shape index (κ2) is 7.86. The second-order valence-corrected chi connectivity index (χ2v) is 8.21. The number of H-pyrrole nitrogens is 1. The van der Waals surface area contributed by atoms with Crippen LogP contribution < -0.4 is 15.8 Å². The Labute approximate surface area is 175 Å². The number of aromatic nitrogens is 1. The molecule has 2 heterocycles. The van der Waals surface area contributed by atoms with Crippen LogP contribution in [0.15, 0.2) is 42.5 Å². The predicted molar refractivity (Wildman–Crippen MR) is 118 cm³/mol. The van der Waals surface area contributed by atoms with E-state index in [0.29, 0.717) is 5.56 Å². The summed E-state index contributed by atoms with van der Waals surface area (Å²) >= 11 is 0. The second-order valence-electron chi connectivity index (χ2n) is 8.21. The maximum absolute atomic E-state index is 12.6. The maximum atomic E-state index is 12.6. The molecule has 30 heavy (non-hydrogen) atoms. The van der Waals surface area contributed by atoms with Gasteiger partial charge in [0.15, 0.2) is 0 Å². The molecule has 0 unspecified atom stereocenters. The van der Waals surface area contributed by atoms with E-state index in [0.717, 1.165) is 48.8 Å². The zero-order chi connectivity index (χ0) is 20.5. The number of nitrogens with one attached hydrogen (secondary N) is 3. The highest BCUT2D eigenvalue weighted by molar-refractivity contribution is 6.00. The fourth-order valence-corrected chi connectivity index (χ4v) is 4.73. The summed E-state index contributed by atoms with van der Waals surface area (Å²) in [7, 11) is 0. The summed E-state index contributed by atoms with van der Waals surface area (Å²) in [5.41, 5.74) is 11.8. The summed E-state index contributed by atoms with van der Waals surface area (Å²) in [6.45, 7) is 1.06. The van der Waals surface area contributed by atoms with Crippen LogP contribution in [0.3, 0.4) is 0 Å². The number of hydrogen-bond donors (Lipinski definition) is 3. The Kier molecular flexibility index (Phi) is 4.91. The van der Waals surface area contributed by atoms with E-state index in [1.165, 1.54) is 29.7 Å². The molecule has 1 aromatic heterocycles. The lowest BCUT2D eigenvalue weighted by Gasteiger charge is -2.30. The number of aryl methyl sites for hydroxylation is 3. The van der Waals surface area contributed by atoms with Gasteiger partial charge in [0.25, 0.3) is 11.8 Å². The van der Waals surface area contributed by atoms with Crippen LogP contribution in [0.5, 0.6) is 0 Å². The maximum Gasteiger partial charge on any atom is 0.269 e. The smallest absolute Gasteiger partial charge is 0.269 e. The first-order valence-corrected chi connectivity index (χ1v) is 10.7. The summed E-state index contributed by atoms with van der Waals surface area (Å²) in [6, 6.07) is 13.9. The van der Waals surface area contributed by atoms with Gasteiger partial charge in [0, 0.05) is 34.4 Å². The number of para-hydroxylation sites is 1. The molecule has 0 radical (unpaired) electrons. The number of hydrogen-bond acceptors (Lipinski definition) is 3. The number of hydrazine groups is 1. The highest BCUT2D eigenvalue weighted by Crippen LogP contribution is 2.30. The Morgan fingerprint density at radius 3 is 2.77 bits per heavy atom. The average Bonchev–Trinajstić information content (AvgIpc) is 3.16. The zero-order valence-electron chi connectivity index (χ0n) is 17.0. The van der Waals surface area contributed by atoms with Crippen molar-refractivity contribution in [2.75, 3.05) is 18.0 Å². The number of aromatic amines is 1. The molecule has 0 saturated heterocycles. The van der Waals surface area contributed by atoms with E-state index in [-0.39, 0.29) is 18.4 Å². The third kappa shape index (κ3) is 3.54. The molecule has 0 fully saturated rings. The molecule has 3 N–H and O–H groups in total. The van der Waals surface area contributed by atoms with Crippen LogP contribution in [0, 0.1) is 0 Å². The molecular formula is C24H26N4O2. The molecule has 0 bridgehead atoms. The minimum atomic E-state index is -0.296. The minimum absolute atomic E-state index is 0.222. The van der Waals surface area contributed by atoms with Crippen LogP contribution in [0.25, 0.3) is 10.9 Å². The molecule has 1 aliphatic carbocycles. The molecule has 154 valence electrons. The Morgan fingerprint density at radius 2 is 1.83 bits per heavy atom. The molecule has 2 amide bonds. The summed E-state index contributed by atoms with van der Waals surface area (Å²) < 4.78 is 0. The van der Waals surface area contributed by atoms with Gasteiger partial charge in [0.05, 0.1) is 6.54 Å². The number of carbonyl (C=O) groups is 2. The van der Waals surface area contributed by atoms with Crippen molar-refractivity contribution in [2.45, 2.75) is 38.5 Å². The van der Waals surface area contributed by atoms with E-state index in [1.807, 2.05) is 30.3 Å². The molecule has 6 heteroatoms. The standard InChI is InChI=1S/C24H26N4O2/c29-23(15-28-13-5-7-16-6-1-4-10-22(16)28)26-27-24(30)17-11-12-21-19(14-17)18-8-2-3-9-20(18)25-21/h1,4,6,10-12,14,25H,2-3,5,7-9,13,15H2,(H,26,29)(H,27,30). The molecule has 0 saturated carbocycles. The Hall–Kier alpha value is -3.28. The number of anilines is 1. The van der Waals surface area contributed by atoms with Crippen molar-refractivity contribution in [3.8, 4) is 0 Å².